The third-order valence-corrected chi connectivity index (χ3v) is 9.65. The second-order valence-corrected chi connectivity index (χ2v) is 13.9. The van der Waals surface area contributed by atoms with Crippen LogP contribution in [0, 0.1) is 12.8 Å². The molecule has 15 heteroatoms. The van der Waals surface area contributed by atoms with Crippen LogP contribution in [0.1, 0.15) is 39.3 Å². The molecule has 3 atom stereocenters. The maximum atomic E-state index is 13.0. The van der Waals surface area contributed by atoms with Crippen LogP contribution >= 0.6 is 11.3 Å². The normalized spacial score (nSPS) is 24.2. The molecule has 3 aromatic rings. The van der Waals surface area contributed by atoms with E-state index in [0.717, 1.165) is 10.2 Å². The van der Waals surface area contributed by atoms with E-state index in [1.807, 2.05) is 24.3 Å². The van der Waals surface area contributed by atoms with Crippen LogP contribution < -0.4 is 10.6 Å². The summed E-state index contributed by atoms with van der Waals surface area (Å²) in [7, 11) is -3.43. The molecule has 0 spiro atoms. The Hall–Kier alpha value is -2.59. The Kier molecular flexibility index (Phi) is 7.72. The number of halogens is 3. The second kappa shape index (κ2) is 10.6. The minimum absolute atomic E-state index is 0.193. The van der Waals surface area contributed by atoms with Gasteiger partial charge in [-0.3, -0.25) is 0 Å². The van der Waals surface area contributed by atoms with Crippen LogP contribution in [0.2, 0.25) is 0 Å². The molecule has 1 aliphatic carbocycles. The number of nitrogens with zero attached hydrogens (tertiary/aromatic N) is 4. The van der Waals surface area contributed by atoms with Gasteiger partial charge in [0.25, 0.3) is 0 Å². The highest BCUT2D eigenvalue weighted by Crippen LogP contribution is 2.50. The molecule has 2 aromatic heterocycles. The van der Waals surface area contributed by atoms with Crippen molar-refractivity contribution in [1.82, 2.24) is 19.3 Å². The molecular weight excluding hydrogens is 581 g/mol. The molecule has 0 bridgehead atoms. The number of aromatic nitrogens is 3. The van der Waals surface area contributed by atoms with Crippen LogP contribution in [0.15, 0.2) is 24.3 Å². The highest BCUT2D eigenvalue weighted by Gasteiger charge is 2.60. The number of aryl methyl sites for hydroxylation is 1. The number of anilines is 2. The zero-order valence-electron chi connectivity index (χ0n) is 23.4. The predicted octanol–water partition coefficient (Wildman–Crippen LogP) is 4.99. The van der Waals surface area contributed by atoms with Gasteiger partial charge in [-0.05, 0) is 45.7 Å². The van der Waals surface area contributed by atoms with Crippen molar-refractivity contribution < 1.29 is 31.1 Å². The average molecular weight is 615 g/mol. The predicted molar refractivity (Wildman–Crippen MR) is 151 cm³/mol. The second-order valence-electron chi connectivity index (χ2n) is 10.9. The van der Waals surface area contributed by atoms with E-state index >= 15 is 0 Å². The van der Waals surface area contributed by atoms with E-state index in [4.69, 9.17) is 14.5 Å². The number of sulfonamides is 1. The van der Waals surface area contributed by atoms with Crippen LogP contribution in [0.4, 0.5) is 24.9 Å². The maximum Gasteiger partial charge on any atom is 0.405 e. The summed E-state index contributed by atoms with van der Waals surface area (Å²) in [6, 6.07) is 7.60. The Bertz CT molecular complexity index is 1510. The molecule has 1 saturated carbocycles. The largest absolute Gasteiger partial charge is 0.405 e. The lowest BCUT2D eigenvalue weighted by Gasteiger charge is -2.32. The van der Waals surface area contributed by atoms with Crippen molar-refractivity contribution in [2.24, 2.45) is 5.92 Å². The van der Waals surface area contributed by atoms with Gasteiger partial charge in [-0.15, -0.1) is 11.3 Å². The smallest absolute Gasteiger partial charge is 0.345 e. The summed E-state index contributed by atoms with van der Waals surface area (Å²) in [4.78, 5) is 13.6. The Balaban J connectivity index is 1.56. The lowest BCUT2D eigenvalue weighted by Crippen LogP contribution is -2.47. The number of hydrogen-bond donors (Lipinski definition) is 2. The first-order chi connectivity index (χ1) is 19.1. The summed E-state index contributed by atoms with van der Waals surface area (Å²) in [5.41, 5.74) is 0.635. The number of benzene rings is 1. The van der Waals surface area contributed by atoms with Crippen molar-refractivity contribution in [3.05, 3.63) is 30.0 Å². The first kappa shape index (κ1) is 29.9. The number of thiazole rings is 1. The van der Waals surface area contributed by atoms with Gasteiger partial charge in [-0.1, -0.05) is 19.1 Å². The number of para-hydroxylation sites is 1. The molecule has 3 heterocycles. The van der Waals surface area contributed by atoms with Crippen LogP contribution in [-0.4, -0.2) is 77.4 Å². The Morgan fingerprint density at radius 2 is 1.93 bits per heavy atom. The average Bonchev–Trinajstić information content (AvgIpc) is 3.48. The number of alkyl halides is 3. The van der Waals surface area contributed by atoms with Gasteiger partial charge in [0.05, 0.1) is 27.7 Å². The molecule has 10 nitrogen and oxygen atoms in total. The summed E-state index contributed by atoms with van der Waals surface area (Å²) in [5, 5.41) is 6.28. The highest BCUT2D eigenvalue weighted by atomic mass is 32.2. The summed E-state index contributed by atoms with van der Waals surface area (Å²) in [6.07, 6.45) is -2.79. The number of ether oxygens (including phenoxy) is 2. The first-order valence-electron chi connectivity index (χ1n) is 13.3. The summed E-state index contributed by atoms with van der Waals surface area (Å²) in [6.45, 7) is 6.28. The number of fused-ring (bicyclic) bond motifs is 2. The molecule has 5 rings (SSSR count). The quantitative estimate of drug-likeness (QED) is 0.344. The van der Waals surface area contributed by atoms with Crippen LogP contribution in [-0.2, 0) is 19.5 Å². The van der Waals surface area contributed by atoms with Crippen LogP contribution in [0.5, 0.6) is 0 Å². The minimum Gasteiger partial charge on any atom is -0.345 e. The lowest BCUT2D eigenvalue weighted by molar-refractivity contribution is -0.167. The fourth-order valence-electron chi connectivity index (χ4n) is 5.61. The Morgan fingerprint density at radius 3 is 2.59 bits per heavy atom. The van der Waals surface area contributed by atoms with Crippen molar-refractivity contribution in [2.45, 2.75) is 64.3 Å². The van der Waals surface area contributed by atoms with Gasteiger partial charge < -0.3 is 20.1 Å². The van der Waals surface area contributed by atoms with E-state index in [1.165, 1.54) is 21.9 Å². The molecule has 1 aromatic carbocycles. The Labute approximate surface area is 240 Å². The van der Waals surface area contributed by atoms with Gasteiger partial charge in [0.2, 0.25) is 16.0 Å². The molecule has 0 unspecified atom stereocenters. The number of rotatable bonds is 9. The summed E-state index contributed by atoms with van der Waals surface area (Å²) < 4.78 is 78.9. The van der Waals surface area contributed by atoms with Crippen LogP contribution in [0.25, 0.3) is 20.8 Å². The van der Waals surface area contributed by atoms with E-state index in [2.05, 4.69) is 20.6 Å². The van der Waals surface area contributed by atoms with Gasteiger partial charge in [0.1, 0.15) is 23.5 Å². The molecule has 1 saturated heterocycles. The van der Waals surface area contributed by atoms with Crippen molar-refractivity contribution in [2.75, 3.05) is 36.5 Å². The molecule has 1 aliphatic heterocycles. The minimum atomic E-state index is -4.46. The molecule has 2 N–H and O–H groups in total. The maximum absolute atomic E-state index is 13.0. The number of nitrogens with one attached hydrogen (secondary N) is 2. The zero-order valence-corrected chi connectivity index (χ0v) is 25.0. The topological polar surface area (TPSA) is 119 Å². The molecule has 0 radical (unpaired) electrons. The molecule has 0 amide bonds. The van der Waals surface area contributed by atoms with Crippen molar-refractivity contribution in [3.63, 3.8) is 0 Å². The van der Waals surface area contributed by atoms with Crippen LogP contribution in [0.3, 0.4) is 0 Å². The molecule has 2 aliphatic rings. The fraction of sp³-hybridized carbons (Fsp3) is 0.577. The van der Waals surface area contributed by atoms with E-state index in [0.29, 0.717) is 35.7 Å². The molecular formula is C26H33F3N6O4S2. The van der Waals surface area contributed by atoms with Gasteiger partial charge in [-0.25, -0.2) is 22.7 Å². The lowest BCUT2D eigenvalue weighted by atomic mass is 10.0. The third kappa shape index (κ3) is 6.28. The van der Waals surface area contributed by atoms with Crippen molar-refractivity contribution in [3.8, 4) is 10.6 Å². The van der Waals surface area contributed by atoms with E-state index < -0.39 is 40.4 Å². The first-order valence-corrected chi connectivity index (χ1v) is 15.9. The van der Waals surface area contributed by atoms with Gasteiger partial charge >= 0.3 is 6.18 Å². The van der Waals surface area contributed by atoms with E-state index in [9.17, 15) is 21.6 Å². The zero-order chi connectivity index (χ0) is 29.8. The van der Waals surface area contributed by atoms with E-state index in [-0.39, 0.29) is 24.2 Å². The van der Waals surface area contributed by atoms with Gasteiger partial charge in [0, 0.05) is 19.0 Å². The van der Waals surface area contributed by atoms with Crippen molar-refractivity contribution >= 4 is 43.3 Å². The van der Waals surface area contributed by atoms with E-state index in [1.54, 1.807) is 27.7 Å². The van der Waals surface area contributed by atoms with Gasteiger partial charge in [0.15, 0.2) is 11.5 Å². The highest BCUT2D eigenvalue weighted by molar-refractivity contribution is 7.88. The molecule has 224 valence electrons. The SMILES string of the molecule is CCN(C[C@H]1CC[C@@]2(Nc3nc(NCC(F)(F)F)nc(C)c3-c3nc4ccccc4s3)OC(C)(C)O[C@H]12)S(C)(=O)=O. The van der Waals surface area contributed by atoms with Crippen molar-refractivity contribution in [1.29, 1.82) is 0 Å². The molecule has 41 heavy (non-hydrogen) atoms. The standard InChI is InChI=1S/C26H33F3N6O4S2/c1-6-35(41(5,36)37)13-16-11-12-25(20(16)38-24(3,4)39-25)34-21-19(22-32-17-9-7-8-10-18(17)40-22)15(2)31-23(33-21)30-14-26(27,28)29/h7-10,16,20H,6,11-14H2,1-5H3,(H2,30,31,33,34)/t16-,20-,25-/m1/s1. The Morgan fingerprint density at radius 1 is 1.20 bits per heavy atom. The monoisotopic (exact) mass is 614 g/mol. The third-order valence-electron chi connectivity index (χ3n) is 7.25. The number of hydrogen-bond acceptors (Lipinski definition) is 10. The summed E-state index contributed by atoms with van der Waals surface area (Å²) in [5.74, 6) is -1.14. The summed E-state index contributed by atoms with van der Waals surface area (Å²) >= 11 is 1.42. The molecule has 2 fully saturated rings. The fourth-order valence-corrected chi connectivity index (χ4v) is 7.60. The van der Waals surface area contributed by atoms with Gasteiger partial charge in [-0.2, -0.15) is 18.2 Å².